The zero-order valence-corrected chi connectivity index (χ0v) is 20.4. The molecule has 0 aliphatic heterocycles. The van der Waals surface area contributed by atoms with Crippen LogP contribution in [0, 0.1) is 0 Å². The standard InChI is InChI=1S/C24H28N2O5S2/c1-28-20(19(27)16-31-22-15-21(29-2)25-24(26-22)30-3)14-23(32-17-10-6-4-7-11-17)33-18-12-8-5-9-13-18/h4-13,15,19-20,23,27H,14,16H2,1-3H3/t19-,20+/m1/s1. The molecule has 3 aromatic rings. The summed E-state index contributed by atoms with van der Waals surface area (Å²) >= 11 is 3.49. The van der Waals surface area contributed by atoms with E-state index in [0.29, 0.717) is 12.3 Å². The number of aliphatic hydroxyl groups excluding tert-OH is 1. The molecule has 2 aromatic carbocycles. The van der Waals surface area contributed by atoms with Crippen molar-refractivity contribution >= 4 is 23.5 Å². The highest BCUT2D eigenvalue weighted by molar-refractivity contribution is 8.17. The first-order valence-electron chi connectivity index (χ1n) is 10.4. The fourth-order valence-corrected chi connectivity index (χ4v) is 5.62. The normalized spacial score (nSPS) is 12.9. The van der Waals surface area contributed by atoms with Crippen LogP contribution >= 0.6 is 23.5 Å². The minimum absolute atomic E-state index is 0.000551. The number of aromatic nitrogens is 2. The molecule has 0 amide bonds. The summed E-state index contributed by atoms with van der Waals surface area (Å²) < 4.78 is 21.7. The van der Waals surface area contributed by atoms with Gasteiger partial charge in [0, 0.05) is 16.9 Å². The molecular formula is C24H28N2O5S2. The van der Waals surface area contributed by atoms with Crippen molar-refractivity contribution < 1.29 is 24.1 Å². The van der Waals surface area contributed by atoms with Crippen molar-refractivity contribution in [2.24, 2.45) is 0 Å². The Morgan fingerprint density at radius 3 is 1.91 bits per heavy atom. The van der Waals surface area contributed by atoms with Crippen molar-refractivity contribution in [3.8, 4) is 17.8 Å². The lowest BCUT2D eigenvalue weighted by molar-refractivity contribution is -0.0348. The van der Waals surface area contributed by atoms with Crippen LogP contribution in [0.4, 0.5) is 0 Å². The van der Waals surface area contributed by atoms with Crippen LogP contribution in [0.25, 0.3) is 0 Å². The lowest BCUT2D eigenvalue weighted by Gasteiger charge is -2.26. The minimum atomic E-state index is -0.864. The Labute approximate surface area is 202 Å². The van der Waals surface area contributed by atoms with E-state index < -0.39 is 12.2 Å². The zero-order chi connectivity index (χ0) is 23.5. The van der Waals surface area contributed by atoms with Crippen LogP contribution in [0.5, 0.6) is 17.8 Å². The lowest BCUT2D eigenvalue weighted by atomic mass is 10.1. The van der Waals surface area contributed by atoms with Gasteiger partial charge in [0.25, 0.3) is 0 Å². The topological polar surface area (TPSA) is 82.9 Å². The van der Waals surface area contributed by atoms with Crippen LogP contribution in [0.15, 0.2) is 76.5 Å². The van der Waals surface area contributed by atoms with E-state index in [1.54, 1.807) is 30.6 Å². The largest absolute Gasteiger partial charge is 0.481 e. The van der Waals surface area contributed by atoms with Gasteiger partial charge in [-0.1, -0.05) is 36.4 Å². The highest BCUT2D eigenvalue weighted by atomic mass is 32.2. The summed E-state index contributed by atoms with van der Waals surface area (Å²) in [6.07, 6.45) is -0.693. The van der Waals surface area contributed by atoms with Gasteiger partial charge in [-0.05, 0) is 30.7 Å². The van der Waals surface area contributed by atoms with E-state index in [9.17, 15) is 5.11 Å². The molecule has 33 heavy (non-hydrogen) atoms. The van der Waals surface area contributed by atoms with Gasteiger partial charge >= 0.3 is 6.01 Å². The molecule has 3 rings (SSSR count). The number of aliphatic hydroxyl groups is 1. The molecule has 0 fully saturated rings. The van der Waals surface area contributed by atoms with Crippen molar-refractivity contribution in [1.29, 1.82) is 0 Å². The van der Waals surface area contributed by atoms with Gasteiger partial charge in [0.15, 0.2) is 0 Å². The predicted molar refractivity (Wildman–Crippen MR) is 130 cm³/mol. The molecule has 1 aromatic heterocycles. The summed E-state index contributed by atoms with van der Waals surface area (Å²) in [5.41, 5.74) is 0. The van der Waals surface area contributed by atoms with Gasteiger partial charge in [-0.25, -0.2) is 0 Å². The van der Waals surface area contributed by atoms with Gasteiger partial charge < -0.3 is 24.1 Å². The smallest absolute Gasteiger partial charge is 0.322 e. The number of hydrogen-bond acceptors (Lipinski definition) is 9. The van der Waals surface area contributed by atoms with Crippen molar-refractivity contribution in [2.45, 2.75) is 33.0 Å². The molecule has 2 atom stereocenters. The first-order valence-corrected chi connectivity index (χ1v) is 12.1. The maximum absolute atomic E-state index is 10.8. The Bertz CT molecular complexity index is 902. The molecule has 0 bridgehead atoms. The third-order valence-electron chi connectivity index (χ3n) is 4.63. The van der Waals surface area contributed by atoms with Crippen molar-refractivity contribution in [3.63, 3.8) is 0 Å². The van der Waals surface area contributed by atoms with E-state index in [-0.39, 0.29) is 23.1 Å². The van der Waals surface area contributed by atoms with E-state index in [4.69, 9.17) is 18.9 Å². The Hall–Kier alpha value is -2.46. The van der Waals surface area contributed by atoms with Gasteiger partial charge in [0.2, 0.25) is 11.8 Å². The molecule has 0 aliphatic rings. The van der Waals surface area contributed by atoms with E-state index in [1.807, 2.05) is 36.4 Å². The second-order valence-electron chi connectivity index (χ2n) is 6.91. The van der Waals surface area contributed by atoms with Crippen LogP contribution in [0.1, 0.15) is 6.42 Å². The first kappa shape index (κ1) is 25.2. The summed E-state index contributed by atoms with van der Waals surface area (Å²) in [6, 6.07) is 22.1. The summed E-state index contributed by atoms with van der Waals surface area (Å²) in [5.74, 6) is 0.565. The van der Waals surface area contributed by atoms with Crippen molar-refractivity contribution in [1.82, 2.24) is 9.97 Å². The van der Waals surface area contributed by atoms with Crippen molar-refractivity contribution in [3.05, 3.63) is 66.7 Å². The molecule has 176 valence electrons. The van der Waals surface area contributed by atoms with E-state index in [0.717, 1.165) is 9.79 Å². The fourth-order valence-electron chi connectivity index (χ4n) is 2.95. The molecule has 0 unspecified atom stereocenters. The number of thioether (sulfide) groups is 2. The molecule has 1 N–H and O–H groups in total. The van der Waals surface area contributed by atoms with Gasteiger partial charge in [-0.15, -0.1) is 23.5 Å². The SMILES string of the molecule is COc1cc(OC[C@@H](O)[C@H](CC(Sc2ccccc2)Sc2ccccc2)OC)nc(OC)n1. The molecule has 1 heterocycles. The van der Waals surface area contributed by atoms with Gasteiger partial charge in [0.05, 0.1) is 31.0 Å². The maximum atomic E-state index is 10.8. The number of hydrogen-bond donors (Lipinski definition) is 1. The third-order valence-corrected chi connectivity index (χ3v) is 7.21. The van der Waals surface area contributed by atoms with Crippen LogP contribution in [-0.2, 0) is 4.74 Å². The summed E-state index contributed by atoms with van der Waals surface area (Å²) in [4.78, 5) is 10.5. The highest BCUT2D eigenvalue weighted by Crippen LogP contribution is 2.38. The van der Waals surface area contributed by atoms with E-state index >= 15 is 0 Å². The number of methoxy groups -OCH3 is 3. The monoisotopic (exact) mass is 488 g/mol. The Balaban J connectivity index is 1.66. The third kappa shape index (κ3) is 8.12. The average molecular weight is 489 g/mol. The summed E-state index contributed by atoms with van der Waals surface area (Å²) in [7, 11) is 4.56. The molecule has 0 saturated carbocycles. The molecule has 7 nitrogen and oxygen atoms in total. The number of nitrogens with zero attached hydrogens (tertiary/aromatic N) is 2. The van der Waals surface area contributed by atoms with Crippen molar-refractivity contribution in [2.75, 3.05) is 27.9 Å². The Morgan fingerprint density at radius 1 is 0.818 bits per heavy atom. The minimum Gasteiger partial charge on any atom is -0.481 e. The van der Waals surface area contributed by atoms with Crippen LogP contribution in [-0.4, -0.2) is 59.8 Å². The molecule has 0 aliphatic carbocycles. The summed E-state index contributed by atoms with van der Waals surface area (Å²) in [5, 5.41) is 10.8. The number of benzene rings is 2. The predicted octanol–water partition coefficient (Wildman–Crippen LogP) is 4.55. The first-order chi connectivity index (χ1) is 16.1. The average Bonchev–Trinajstić information content (AvgIpc) is 2.86. The molecule has 0 saturated heterocycles. The van der Waals surface area contributed by atoms with E-state index in [2.05, 4.69) is 34.2 Å². The second-order valence-corrected chi connectivity index (χ2v) is 9.77. The van der Waals surface area contributed by atoms with Crippen LogP contribution in [0.3, 0.4) is 0 Å². The second kappa shape index (κ2) is 13.3. The Kier molecular flexibility index (Phi) is 10.1. The fraction of sp³-hybridized carbons (Fsp3) is 0.333. The molecule has 0 radical (unpaired) electrons. The van der Waals surface area contributed by atoms with Crippen LogP contribution < -0.4 is 14.2 Å². The number of ether oxygens (including phenoxy) is 4. The van der Waals surface area contributed by atoms with Gasteiger partial charge in [0.1, 0.15) is 12.7 Å². The quantitative estimate of drug-likeness (QED) is 0.275. The van der Waals surface area contributed by atoms with Gasteiger partial charge in [-0.2, -0.15) is 9.97 Å². The Morgan fingerprint density at radius 2 is 1.39 bits per heavy atom. The van der Waals surface area contributed by atoms with E-state index in [1.165, 1.54) is 20.3 Å². The van der Waals surface area contributed by atoms with Gasteiger partial charge in [-0.3, -0.25) is 0 Å². The number of rotatable bonds is 13. The lowest BCUT2D eigenvalue weighted by Crippen LogP contribution is -2.35. The highest BCUT2D eigenvalue weighted by Gasteiger charge is 2.26. The molecule has 0 spiro atoms. The molecular weight excluding hydrogens is 460 g/mol. The van der Waals surface area contributed by atoms with Crippen LogP contribution in [0.2, 0.25) is 0 Å². The summed E-state index contributed by atoms with van der Waals surface area (Å²) in [6.45, 7) is 0.000551. The zero-order valence-electron chi connectivity index (χ0n) is 18.8. The molecule has 9 heteroatoms. The maximum Gasteiger partial charge on any atom is 0.322 e.